The number of ether oxygens (including phenoxy) is 1. The number of aromatic nitrogens is 2. The van der Waals surface area contributed by atoms with E-state index in [9.17, 15) is 4.79 Å². The van der Waals surface area contributed by atoms with E-state index in [0.717, 1.165) is 23.0 Å². The summed E-state index contributed by atoms with van der Waals surface area (Å²) in [5, 5.41) is 15.2. The number of nitrogens with one attached hydrogen (secondary N) is 2. The molecule has 8 heteroatoms. The quantitative estimate of drug-likeness (QED) is 0.245. The van der Waals surface area contributed by atoms with Gasteiger partial charge in [-0.1, -0.05) is 24.3 Å². The molecule has 0 spiro atoms. The highest BCUT2D eigenvalue weighted by Gasteiger charge is 2.19. The van der Waals surface area contributed by atoms with Crippen LogP contribution in [-0.4, -0.2) is 33.8 Å². The van der Waals surface area contributed by atoms with Crippen LogP contribution in [0.4, 0.5) is 0 Å². The monoisotopic (exact) mass is 406 g/mol. The van der Waals surface area contributed by atoms with Gasteiger partial charge in [0.15, 0.2) is 0 Å². The van der Waals surface area contributed by atoms with Gasteiger partial charge in [-0.15, -0.1) is 0 Å². The van der Waals surface area contributed by atoms with Crippen LogP contribution in [0.2, 0.25) is 0 Å². The molecule has 0 aliphatic heterocycles. The molecule has 1 aromatic heterocycles. The van der Waals surface area contributed by atoms with Crippen molar-refractivity contribution >= 4 is 28.7 Å². The van der Waals surface area contributed by atoms with Gasteiger partial charge in [-0.3, -0.25) is 15.6 Å². The summed E-state index contributed by atoms with van der Waals surface area (Å²) in [6.07, 6.45) is 3.36. The van der Waals surface area contributed by atoms with Gasteiger partial charge in [-0.05, 0) is 43.5 Å². The van der Waals surface area contributed by atoms with E-state index in [1.807, 2.05) is 41.0 Å². The lowest BCUT2D eigenvalue weighted by Crippen LogP contribution is -2.17. The molecule has 0 saturated heterocycles. The van der Waals surface area contributed by atoms with Crippen LogP contribution >= 0.6 is 0 Å². The number of fused-ring (bicyclic) bond motifs is 1. The van der Waals surface area contributed by atoms with E-state index in [2.05, 4.69) is 4.98 Å². The van der Waals surface area contributed by atoms with Crippen molar-refractivity contribution in [3.63, 3.8) is 0 Å². The van der Waals surface area contributed by atoms with Crippen molar-refractivity contribution in [2.24, 2.45) is 11.5 Å². The maximum Gasteiger partial charge on any atom is 0.307 e. The van der Waals surface area contributed by atoms with E-state index in [0.29, 0.717) is 24.2 Å². The molecular formula is C22H26N6O2. The summed E-state index contributed by atoms with van der Waals surface area (Å²) in [5.74, 6) is -0.246. The van der Waals surface area contributed by atoms with E-state index in [4.69, 9.17) is 27.0 Å². The third-order valence-corrected chi connectivity index (χ3v) is 5.02. The second-order valence-corrected chi connectivity index (χ2v) is 7.08. The van der Waals surface area contributed by atoms with Crippen LogP contribution in [0.3, 0.4) is 0 Å². The Morgan fingerprint density at radius 1 is 1.10 bits per heavy atom. The third kappa shape index (κ3) is 4.83. The number of benzene rings is 2. The van der Waals surface area contributed by atoms with Crippen molar-refractivity contribution in [3.05, 3.63) is 65.5 Å². The fourth-order valence-corrected chi connectivity index (χ4v) is 3.42. The lowest BCUT2D eigenvalue weighted by atomic mass is 10.0. The molecule has 0 saturated carbocycles. The molecule has 1 unspecified atom stereocenters. The number of nitrogens with zero attached hydrogens (tertiary/aromatic N) is 2. The first kappa shape index (κ1) is 21.0. The van der Waals surface area contributed by atoms with Crippen LogP contribution in [0.5, 0.6) is 0 Å². The number of nitrogens with two attached hydrogens (primary N) is 2. The van der Waals surface area contributed by atoms with Crippen molar-refractivity contribution in [2.45, 2.75) is 32.2 Å². The highest BCUT2D eigenvalue weighted by molar-refractivity contribution is 5.98. The summed E-state index contributed by atoms with van der Waals surface area (Å²) in [4.78, 5) is 16.7. The second-order valence-electron chi connectivity index (χ2n) is 7.08. The molecule has 2 aromatic carbocycles. The van der Waals surface area contributed by atoms with Crippen LogP contribution in [0, 0.1) is 10.8 Å². The molecule has 3 rings (SSSR count). The maximum absolute atomic E-state index is 12.2. The number of nitrogen functional groups attached to an aromatic ring is 2. The molecule has 30 heavy (non-hydrogen) atoms. The van der Waals surface area contributed by atoms with Crippen LogP contribution in [0.1, 0.15) is 42.5 Å². The van der Waals surface area contributed by atoms with Gasteiger partial charge in [0.25, 0.3) is 0 Å². The van der Waals surface area contributed by atoms with E-state index < -0.39 is 0 Å². The number of carbonyl (C=O) groups is 1. The van der Waals surface area contributed by atoms with Crippen molar-refractivity contribution in [1.82, 2.24) is 9.55 Å². The maximum atomic E-state index is 12.2. The molecule has 0 radical (unpaired) electrons. The highest BCUT2D eigenvalue weighted by atomic mass is 16.5. The Hall–Kier alpha value is -3.68. The SMILES string of the molecule is CCOC(=O)CC(CCc1ccc(C(=N)N)cc1)n1cnc2ccc(C(=N)N)cc21. The van der Waals surface area contributed by atoms with Gasteiger partial charge >= 0.3 is 5.97 Å². The predicted molar refractivity (Wildman–Crippen MR) is 117 cm³/mol. The topological polar surface area (TPSA) is 144 Å². The third-order valence-electron chi connectivity index (χ3n) is 5.02. The lowest BCUT2D eigenvalue weighted by Gasteiger charge is -2.19. The zero-order chi connectivity index (χ0) is 21.7. The Kier molecular flexibility index (Phi) is 6.46. The fourth-order valence-electron chi connectivity index (χ4n) is 3.42. The minimum Gasteiger partial charge on any atom is -0.466 e. The van der Waals surface area contributed by atoms with Crippen molar-refractivity contribution in [3.8, 4) is 0 Å². The molecule has 1 heterocycles. The lowest BCUT2D eigenvalue weighted by molar-refractivity contribution is -0.144. The Morgan fingerprint density at radius 2 is 1.77 bits per heavy atom. The van der Waals surface area contributed by atoms with Crippen molar-refractivity contribution in [2.75, 3.05) is 6.61 Å². The first-order valence-electron chi connectivity index (χ1n) is 9.79. The van der Waals surface area contributed by atoms with E-state index in [-0.39, 0.29) is 30.1 Å². The number of rotatable bonds is 9. The molecule has 3 aromatic rings. The summed E-state index contributed by atoms with van der Waals surface area (Å²) in [6.45, 7) is 2.12. The molecule has 0 fully saturated rings. The fraction of sp³-hybridized carbons (Fsp3) is 0.273. The minimum atomic E-state index is -0.265. The van der Waals surface area contributed by atoms with Crippen LogP contribution in [-0.2, 0) is 16.0 Å². The largest absolute Gasteiger partial charge is 0.466 e. The van der Waals surface area contributed by atoms with Gasteiger partial charge in [0.2, 0.25) is 0 Å². The normalized spacial score (nSPS) is 11.9. The van der Waals surface area contributed by atoms with Gasteiger partial charge in [-0.2, -0.15) is 0 Å². The summed E-state index contributed by atoms with van der Waals surface area (Å²) in [6, 6.07) is 12.8. The molecule has 0 bridgehead atoms. The van der Waals surface area contributed by atoms with Crippen LogP contribution in [0.25, 0.3) is 11.0 Å². The number of esters is 1. The van der Waals surface area contributed by atoms with Gasteiger partial charge < -0.3 is 20.8 Å². The number of hydrogen-bond acceptors (Lipinski definition) is 5. The first-order valence-corrected chi connectivity index (χ1v) is 9.79. The molecule has 1 atom stereocenters. The molecule has 8 nitrogen and oxygen atoms in total. The average Bonchev–Trinajstić information content (AvgIpc) is 3.14. The van der Waals surface area contributed by atoms with Gasteiger partial charge in [-0.25, -0.2) is 4.98 Å². The molecule has 156 valence electrons. The number of aryl methyl sites for hydroxylation is 1. The Bertz CT molecular complexity index is 1070. The van der Waals surface area contributed by atoms with Gasteiger partial charge in [0, 0.05) is 17.2 Å². The Labute approximate surface area is 174 Å². The minimum absolute atomic E-state index is 0.0165. The standard InChI is InChI=1S/C22H26N6O2/c1-2-30-20(29)12-17(9-5-14-3-6-15(7-4-14)21(23)24)28-13-27-18-10-8-16(22(25)26)11-19(18)28/h3-4,6-8,10-11,13,17H,2,5,9,12H2,1H3,(H3,23,24)(H3,25,26). The highest BCUT2D eigenvalue weighted by Crippen LogP contribution is 2.26. The van der Waals surface area contributed by atoms with Crippen LogP contribution in [0.15, 0.2) is 48.8 Å². The van der Waals surface area contributed by atoms with Crippen molar-refractivity contribution in [1.29, 1.82) is 10.8 Å². The summed E-state index contributed by atoms with van der Waals surface area (Å²) in [5.41, 5.74) is 15.1. The Balaban J connectivity index is 1.87. The van der Waals surface area contributed by atoms with E-state index in [1.54, 1.807) is 19.3 Å². The second kappa shape index (κ2) is 9.21. The van der Waals surface area contributed by atoms with Gasteiger partial charge in [0.1, 0.15) is 11.7 Å². The number of hydrogen-bond donors (Lipinski definition) is 4. The van der Waals surface area contributed by atoms with E-state index in [1.165, 1.54) is 0 Å². The van der Waals surface area contributed by atoms with Crippen LogP contribution < -0.4 is 11.5 Å². The summed E-state index contributed by atoms with van der Waals surface area (Å²) in [7, 11) is 0. The smallest absolute Gasteiger partial charge is 0.307 e. The summed E-state index contributed by atoms with van der Waals surface area (Å²) < 4.78 is 7.14. The average molecular weight is 406 g/mol. The Morgan fingerprint density at radius 3 is 2.40 bits per heavy atom. The molecular weight excluding hydrogens is 380 g/mol. The zero-order valence-electron chi connectivity index (χ0n) is 16.9. The summed E-state index contributed by atoms with van der Waals surface area (Å²) >= 11 is 0. The van der Waals surface area contributed by atoms with Crippen molar-refractivity contribution < 1.29 is 9.53 Å². The molecule has 0 aliphatic rings. The first-order chi connectivity index (χ1) is 14.4. The molecule has 0 amide bonds. The number of imidazole rings is 1. The molecule has 0 aliphatic carbocycles. The predicted octanol–water partition coefficient (Wildman–Crippen LogP) is 2.73. The number of amidine groups is 2. The molecule has 6 N–H and O–H groups in total. The van der Waals surface area contributed by atoms with E-state index >= 15 is 0 Å². The zero-order valence-corrected chi connectivity index (χ0v) is 16.9. The van der Waals surface area contributed by atoms with Gasteiger partial charge in [0.05, 0.1) is 30.4 Å². The number of carbonyl (C=O) groups excluding carboxylic acids is 1.